The van der Waals surface area contributed by atoms with E-state index in [9.17, 15) is 4.79 Å². The van der Waals surface area contributed by atoms with Crippen molar-refractivity contribution in [3.8, 4) is 22.6 Å². The topological polar surface area (TPSA) is 58.6 Å². The number of hydrogen-bond acceptors (Lipinski definition) is 4. The van der Waals surface area contributed by atoms with Crippen LogP contribution in [0.1, 0.15) is 29.2 Å². The lowest BCUT2D eigenvalue weighted by molar-refractivity contribution is 0.0606. The van der Waals surface area contributed by atoms with Crippen molar-refractivity contribution in [3.63, 3.8) is 0 Å². The van der Waals surface area contributed by atoms with E-state index < -0.39 is 0 Å². The number of piperidine rings is 3. The molecule has 5 heteroatoms. The number of nitrogens with zero attached hydrogens (tertiary/aromatic N) is 1. The molecule has 3 aliphatic rings. The molecule has 2 bridgehead atoms. The van der Waals surface area contributed by atoms with Gasteiger partial charge in [-0.2, -0.15) is 0 Å². The van der Waals surface area contributed by atoms with Gasteiger partial charge in [0.15, 0.2) is 5.76 Å². The fourth-order valence-corrected chi connectivity index (χ4v) is 4.46. The lowest BCUT2D eigenvalue weighted by atomic mass is 9.84. The molecule has 5 nitrogen and oxygen atoms in total. The highest BCUT2D eigenvalue weighted by atomic mass is 16.4. The average Bonchev–Trinajstić information content (AvgIpc) is 3.38. The normalized spacial score (nSPS) is 23.7. The zero-order valence-electron chi connectivity index (χ0n) is 16.0. The molecular formula is C23H24N2O3. The molecule has 6 rings (SSSR count). The van der Waals surface area contributed by atoms with Gasteiger partial charge in [-0.3, -0.25) is 4.79 Å². The number of hydrogen-bond donors (Lipinski definition) is 1. The molecule has 1 N–H and O–H groups in total. The van der Waals surface area contributed by atoms with Crippen LogP contribution in [0.15, 0.2) is 57.4 Å². The summed E-state index contributed by atoms with van der Waals surface area (Å²) in [6, 6.07) is 15.7. The van der Waals surface area contributed by atoms with Crippen molar-refractivity contribution in [3.05, 3.63) is 60.1 Å². The van der Waals surface area contributed by atoms with E-state index in [0.29, 0.717) is 17.4 Å². The number of furan rings is 2. The summed E-state index contributed by atoms with van der Waals surface area (Å²) in [6.45, 7) is 5.19. The predicted octanol–water partition coefficient (Wildman–Crippen LogP) is 4.34. The predicted molar refractivity (Wildman–Crippen MR) is 107 cm³/mol. The molecule has 0 unspecified atom stereocenters. The minimum atomic E-state index is -0.128. The number of benzene rings is 1. The second-order valence-electron chi connectivity index (χ2n) is 7.84. The first-order valence-corrected chi connectivity index (χ1v) is 9.96. The maximum Gasteiger partial charge on any atom is 0.287 e. The van der Waals surface area contributed by atoms with Crippen molar-refractivity contribution in [1.29, 1.82) is 0 Å². The Hall–Kier alpha value is -2.79. The molecule has 1 atom stereocenters. The van der Waals surface area contributed by atoms with Crippen LogP contribution in [-0.4, -0.2) is 36.5 Å². The fourth-order valence-electron chi connectivity index (χ4n) is 4.46. The third kappa shape index (κ3) is 3.16. The van der Waals surface area contributed by atoms with E-state index in [1.807, 2.05) is 49.4 Å². The fraction of sp³-hybridized carbons (Fsp3) is 0.348. The van der Waals surface area contributed by atoms with Crippen LogP contribution in [0.5, 0.6) is 0 Å². The van der Waals surface area contributed by atoms with Crippen molar-refractivity contribution in [2.75, 3.05) is 19.6 Å². The second kappa shape index (κ2) is 6.99. The van der Waals surface area contributed by atoms with Gasteiger partial charge in [-0.25, -0.2) is 0 Å². The number of fused-ring (bicyclic) bond motifs is 3. The molecule has 0 radical (unpaired) electrons. The molecule has 2 aromatic heterocycles. The van der Waals surface area contributed by atoms with Crippen LogP contribution in [0.2, 0.25) is 0 Å². The van der Waals surface area contributed by atoms with Gasteiger partial charge in [-0.05, 0) is 63.0 Å². The van der Waals surface area contributed by atoms with Crippen molar-refractivity contribution in [2.45, 2.75) is 25.8 Å². The SMILES string of the molecule is Cc1ccc(-c2ccccc2-c2ccc(C(=O)N[C@H]3CN4CCC3CC4)o2)o1. The summed E-state index contributed by atoms with van der Waals surface area (Å²) in [6.07, 6.45) is 2.34. The van der Waals surface area contributed by atoms with Crippen molar-refractivity contribution in [1.82, 2.24) is 10.2 Å². The second-order valence-corrected chi connectivity index (χ2v) is 7.84. The Morgan fingerprint density at radius 3 is 2.25 bits per heavy atom. The summed E-state index contributed by atoms with van der Waals surface area (Å²) in [5, 5.41) is 3.19. The highest BCUT2D eigenvalue weighted by Gasteiger charge is 2.35. The van der Waals surface area contributed by atoms with Crippen LogP contribution in [-0.2, 0) is 0 Å². The number of carbonyl (C=O) groups excluding carboxylic acids is 1. The zero-order chi connectivity index (χ0) is 19.1. The smallest absolute Gasteiger partial charge is 0.287 e. The monoisotopic (exact) mass is 376 g/mol. The third-order valence-electron chi connectivity index (χ3n) is 6.00. The van der Waals surface area contributed by atoms with Gasteiger partial charge in [-0.1, -0.05) is 24.3 Å². The largest absolute Gasteiger partial charge is 0.461 e. The van der Waals surface area contributed by atoms with Crippen LogP contribution in [0.25, 0.3) is 22.6 Å². The van der Waals surface area contributed by atoms with E-state index in [1.165, 1.54) is 12.8 Å². The molecule has 1 aromatic carbocycles. The molecule has 3 aromatic rings. The van der Waals surface area contributed by atoms with Gasteiger partial charge in [0.1, 0.15) is 17.3 Å². The Labute approximate surface area is 164 Å². The van der Waals surface area contributed by atoms with Crippen LogP contribution < -0.4 is 5.32 Å². The molecule has 3 aliphatic heterocycles. The average molecular weight is 376 g/mol. The minimum absolute atomic E-state index is 0.128. The summed E-state index contributed by atoms with van der Waals surface area (Å²) < 4.78 is 11.7. The maximum absolute atomic E-state index is 12.8. The summed E-state index contributed by atoms with van der Waals surface area (Å²) in [5.41, 5.74) is 1.87. The molecular weight excluding hydrogens is 352 g/mol. The number of amides is 1. The molecule has 28 heavy (non-hydrogen) atoms. The zero-order valence-corrected chi connectivity index (χ0v) is 16.0. The van der Waals surface area contributed by atoms with Crippen LogP contribution in [0.4, 0.5) is 0 Å². The van der Waals surface area contributed by atoms with Crippen LogP contribution in [0.3, 0.4) is 0 Å². The molecule has 0 spiro atoms. The molecule has 0 saturated carbocycles. The van der Waals surface area contributed by atoms with Gasteiger partial charge in [0.05, 0.1) is 0 Å². The standard InChI is InChI=1S/C23H24N2O3/c1-15-6-7-20(27-15)17-4-2-3-5-18(17)21-8-9-22(28-21)23(26)24-19-14-25-12-10-16(19)11-13-25/h2-9,16,19H,10-14H2,1H3,(H,24,26)/t19-/m0/s1. The van der Waals surface area contributed by atoms with E-state index >= 15 is 0 Å². The molecule has 5 heterocycles. The van der Waals surface area contributed by atoms with E-state index in [1.54, 1.807) is 6.07 Å². The first-order valence-electron chi connectivity index (χ1n) is 9.96. The van der Waals surface area contributed by atoms with Gasteiger partial charge < -0.3 is 19.1 Å². The molecule has 3 saturated heterocycles. The number of nitrogens with one attached hydrogen (secondary N) is 1. The maximum atomic E-state index is 12.8. The minimum Gasteiger partial charge on any atom is -0.461 e. The van der Waals surface area contributed by atoms with Crippen LogP contribution in [0, 0.1) is 12.8 Å². The van der Waals surface area contributed by atoms with E-state index in [0.717, 1.165) is 42.3 Å². The molecule has 0 aliphatic carbocycles. The highest BCUT2D eigenvalue weighted by molar-refractivity contribution is 5.92. The lowest BCUT2D eigenvalue weighted by Gasteiger charge is -2.44. The van der Waals surface area contributed by atoms with Crippen molar-refractivity contribution < 1.29 is 13.6 Å². The quantitative estimate of drug-likeness (QED) is 0.736. The molecule has 144 valence electrons. The Morgan fingerprint density at radius 2 is 1.64 bits per heavy atom. The summed E-state index contributed by atoms with van der Waals surface area (Å²) in [4.78, 5) is 15.2. The summed E-state index contributed by atoms with van der Waals surface area (Å²) >= 11 is 0. The molecule has 1 amide bonds. The Bertz CT molecular complexity index is 995. The summed E-state index contributed by atoms with van der Waals surface area (Å²) in [7, 11) is 0. The van der Waals surface area contributed by atoms with Crippen LogP contribution >= 0.6 is 0 Å². The van der Waals surface area contributed by atoms with Gasteiger partial charge in [-0.15, -0.1) is 0 Å². The lowest BCUT2D eigenvalue weighted by Crippen LogP contribution is -2.57. The third-order valence-corrected chi connectivity index (χ3v) is 6.00. The first kappa shape index (κ1) is 17.3. The number of carbonyl (C=O) groups is 1. The van der Waals surface area contributed by atoms with Gasteiger partial charge in [0, 0.05) is 23.7 Å². The Balaban J connectivity index is 1.37. The van der Waals surface area contributed by atoms with E-state index in [-0.39, 0.29) is 11.9 Å². The van der Waals surface area contributed by atoms with Crippen molar-refractivity contribution in [2.24, 2.45) is 5.92 Å². The van der Waals surface area contributed by atoms with Crippen molar-refractivity contribution >= 4 is 5.91 Å². The highest BCUT2D eigenvalue weighted by Crippen LogP contribution is 2.34. The summed E-state index contributed by atoms with van der Waals surface area (Å²) in [5.74, 6) is 3.15. The Kier molecular flexibility index (Phi) is 4.32. The number of rotatable bonds is 4. The Morgan fingerprint density at radius 1 is 0.964 bits per heavy atom. The molecule has 3 fully saturated rings. The van der Waals surface area contributed by atoms with Gasteiger partial charge in [0.2, 0.25) is 0 Å². The van der Waals surface area contributed by atoms with Gasteiger partial charge >= 0.3 is 0 Å². The van der Waals surface area contributed by atoms with E-state index in [2.05, 4.69) is 10.2 Å². The van der Waals surface area contributed by atoms with Gasteiger partial charge in [0.25, 0.3) is 5.91 Å². The first-order chi connectivity index (χ1) is 13.7. The van der Waals surface area contributed by atoms with E-state index in [4.69, 9.17) is 8.83 Å². The number of aryl methyl sites for hydroxylation is 1.